The van der Waals surface area contributed by atoms with Crippen LogP contribution in [0.15, 0.2) is 24.3 Å². The number of likely N-dealkylation sites (tertiary alicyclic amines) is 1. The van der Waals surface area contributed by atoms with Gasteiger partial charge in [-0.15, -0.1) is 0 Å². The molecule has 0 unspecified atom stereocenters. The first-order chi connectivity index (χ1) is 10.1. The van der Waals surface area contributed by atoms with Gasteiger partial charge in [-0.1, -0.05) is 17.7 Å². The highest BCUT2D eigenvalue weighted by molar-refractivity contribution is 5.71. The van der Waals surface area contributed by atoms with Gasteiger partial charge in [0, 0.05) is 0 Å². The molecular formula is C17H26NO3+. The molecule has 1 N–H and O–H groups in total. The number of benzene rings is 1. The number of aryl methyl sites for hydroxylation is 1. The Hall–Kier alpha value is -1.55. The van der Waals surface area contributed by atoms with E-state index in [-0.39, 0.29) is 18.7 Å². The Morgan fingerprint density at radius 2 is 1.86 bits per heavy atom. The molecule has 0 amide bonds. The van der Waals surface area contributed by atoms with Crippen LogP contribution in [0, 0.1) is 6.92 Å². The number of carbonyl (C=O) groups excluding carboxylic acids is 1. The highest BCUT2D eigenvalue weighted by atomic mass is 16.6. The van der Waals surface area contributed by atoms with Crippen molar-refractivity contribution in [3.05, 3.63) is 29.8 Å². The second kappa shape index (κ2) is 8.03. The zero-order valence-electron chi connectivity index (χ0n) is 13.1. The van der Waals surface area contributed by atoms with Crippen molar-refractivity contribution in [3.63, 3.8) is 0 Å². The average molecular weight is 292 g/mol. The number of quaternary nitrogens is 1. The molecule has 0 aromatic heterocycles. The lowest BCUT2D eigenvalue weighted by atomic mass is 10.1. The third kappa shape index (κ3) is 5.76. The summed E-state index contributed by atoms with van der Waals surface area (Å²) >= 11 is 0. The van der Waals surface area contributed by atoms with Crippen molar-refractivity contribution in [1.82, 2.24) is 0 Å². The number of ether oxygens (including phenoxy) is 2. The SMILES string of the molecule is Cc1ccc(OCC(=O)O[C@@H](C)C[NH+]2CCCCC2)cc1. The van der Waals surface area contributed by atoms with E-state index in [0.717, 1.165) is 6.54 Å². The molecule has 4 heteroatoms. The quantitative estimate of drug-likeness (QED) is 0.805. The minimum atomic E-state index is -0.292. The van der Waals surface area contributed by atoms with Crippen LogP contribution in [0.2, 0.25) is 0 Å². The molecule has 1 heterocycles. The summed E-state index contributed by atoms with van der Waals surface area (Å²) in [4.78, 5) is 13.3. The lowest BCUT2D eigenvalue weighted by molar-refractivity contribution is -0.907. The molecule has 1 atom stereocenters. The van der Waals surface area contributed by atoms with E-state index < -0.39 is 0 Å². The predicted molar refractivity (Wildman–Crippen MR) is 81.6 cm³/mol. The van der Waals surface area contributed by atoms with Crippen molar-refractivity contribution in [1.29, 1.82) is 0 Å². The van der Waals surface area contributed by atoms with Crippen LogP contribution in [0.3, 0.4) is 0 Å². The van der Waals surface area contributed by atoms with Crippen LogP contribution in [0.4, 0.5) is 0 Å². The first-order valence-corrected chi connectivity index (χ1v) is 7.86. The zero-order chi connectivity index (χ0) is 15.1. The molecular weight excluding hydrogens is 266 g/mol. The van der Waals surface area contributed by atoms with Crippen LogP contribution in [0.25, 0.3) is 0 Å². The second-order valence-corrected chi connectivity index (χ2v) is 5.92. The van der Waals surface area contributed by atoms with Crippen LogP contribution >= 0.6 is 0 Å². The maximum Gasteiger partial charge on any atom is 0.344 e. The summed E-state index contributed by atoms with van der Waals surface area (Å²) in [5.74, 6) is 0.409. The molecule has 0 spiro atoms. The summed E-state index contributed by atoms with van der Waals surface area (Å²) in [5, 5.41) is 0. The van der Waals surface area contributed by atoms with Crippen molar-refractivity contribution in [3.8, 4) is 5.75 Å². The molecule has 1 aromatic rings. The zero-order valence-corrected chi connectivity index (χ0v) is 13.1. The molecule has 1 aliphatic heterocycles. The Bertz CT molecular complexity index is 438. The van der Waals surface area contributed by atoms with E-state index >= 15 is 0 Å². The number of nitrogens with one attached hydrogen (secondary N) is 1. The minimum absolute atomic E-state index is 0.0251. The lowest BCUT2D eigenvalue weighted by Gasteiger charge is -2.26. The molecule has 4 nitrogen and oxygen atoms in total. The largest absolute Gasteiger partial charge is 0.482 e. The van der Waals surface area contributed by atoms with Gasteiger partial charge in [-0.3, -0.25) is 0 Å². The van der Waals surface area contributed by atoms with E-state index in [9.17, 15) is 4.79 Å². The molecule has 1 fully saturated rings. The van der Waals surface area contributed by atoms with Gasteiger partial charge in [0.2, 0.25) is 0 Å². The predicted octanol–water partition coefficient (Wildman–Crippen LogP) is 1.37. The van der Waals surface area contributed by atoms with E-state index in [1.165, 1.54) is 37.9 Å². The summed E-state index contributed by atoms with van der Waals surface area (Å²) in [5.41, 5.74) is 1.17. The standard InChI is InChI=1S/C17H25NO3/c1-14-6-8-16(9-7-14)20-13-17(19)21-15(2)12-18-10-4-3-5-11-18/h6-9,15H,3-5,10-13H2,1-2H3/p+1/t15-/m0/s1. The summed E-state index contributed by atoms with van der Waals surface area (Å²) in [6.45, 7) is 7.25. The third-order valence-corrected chi connectivity index (χ3v) is 3.85. The molecule has 1 aliphatic rings. The number of esters is 1. The molecule has 1 saturated heterocycles. The van der Waals surface area contributed by atoms with E-state index in [0.29, 0.717) is 5.75 Å². The Balaban J connectivity index is 1.67. The normalized spacial score (nSPS) is 17.2. The van der Waals surface area contributed by atoms with Crippen molar-refractivity contribution in [2.24, 2.45) is 0 Å². The Kier molecular flexibility index (Phi) is 6.05. The van der Waals surface area contributed by atoms with Gasteiger partial charge in [-0.05, 0) is 45.2 Å². The van der Waals surface area contributed by atoms with Gasteiger partial charge in [0.1, 0.15) is 18.4 Å². The van der Waals surface area contributed by atoms with Gasteiger partial charge in [-0.2, -0.15) is 0 Å². The fourth-order valence-corrected chi connectivity index (χ4v) is 2.74. The summed E-state index contributed by atoms with van der Waals surface area (Å²) in [6.07, 6.45) is 3.86. The molecule has 0 radical (unpaired) electrons. The van der Waals surface area contributed by atoms with Crippen molar-refractivity contribution >= 4 is 5.97 Å². The molecule has 1 aromatic carbocycles. The monoisotopic (exact) mass is 292 g/mol. The molecule has 0 aliphatic carbocycles. The van der Waals surface area contributed by atoms with Crippen LogP contribution < -0.4 is 9.64 Å². The number of rotatable bonds is 6. The van der Waals surface area contributed by atoms with Crippen molar-refractivity contribution in [2.45, 2.75) is 39.2 Å². The van der Waals surface area contributed by atoms with Crippen LogP contribution in [-0.2, 0) is 9.53 Å². The van der Waals surface area contributed by atoms with E-state index in [2.05, 4.69) is 0 Å². The smallest absolute Gasteiger partial charge is 0.344 e. The van der Waals surface area contributed by atoms with Gasteiger partial charge < -0.3 is 14.4 Å². The fraction of sp³-hybridized carbons (Fsp3) is 0.588. The number of hydrogen-bond donors (Lipinski definition) is 1. The highest BCUT2D eigenvalue weighted by Gasteiger charge is 2.19. The minimum Gasteiger partial charge on any atom is -0.482 e. The Labute approximate surface area is 127 Å². The van der Waals surface area contributed by atoms with Gasteiger partial charge in [0.25, 0.3) is 0 Å². The van der Waals surface area contributed by atoms with E-state index in [1.54, 1.807) is 4.90 Å². The number of piperidine rings is 1. The first kappa shape index (κ1) is 15.8. The van der Waals surface area contributed by atoms with Gasteiger partial charge in [0.05, 0.1) is 13.1 Å². The Morgan fingerprint density at radius 1 is 1.19 bits per heavy atom. The number of carbonyl (C=O) groups is 1. The van der Waals surface area contributed by atoms with Gasteiger partial charge in [-0.25, -0.2) is 4.79 Å². The second-order valence-electron chi connectivity index (χ2n) is 5.92. The molecule has 0 bridgehead atoms. The summed E-state index contributed by atoms with van der Waals surface area (Å²) < 4.78 is 10.8. The summed E-state index contributed by atoms with van der Waals surface area (Å²) in [6, 6.07) is 7.65. The van der Waals surface area contributed by atoms with Crippen LogP contribution in [-0.4, -0.2) is 38.3 Å². The maximum absolute atomic E-state index is 11.8. The topological polar surface area (TPSA) is 40.0 Å². The van der Waals surface area contributed by atoms with Crippen LogP contribution in [0.5, 0.6) is 5.75 Å². The molecule has 21 heavy (non-hydrogen) atoms. The Morgan fingerprint density at radius 3 is 2.52 bits per heavy atom. The number of hydrogen-bond acceptors (Lipinski definition) is 3. The van der Waals surface area contributed by atoms with Crippen molar-refractivity contribution < 1.29 is 19.2 Å². The maximum atomic E-state index is 11.8. The van der Waals surface area contributed by atoms with Crippen LogP contribution in [0.1, 0.15) is 31.7 Å². The van der Waals surface area contributed by atoms with E-state index in [1.807, 2.05) is 38.1 Å². The lowest BCUT2D eigenvalue weighted by Crippen LogP contribution is -3.13. The van der Waals surface area contributed by atoms with E-state index in [4.69, 9.17) is 9.47 Å². The highest BCUT2D eigenvalue weighted by Crippen LogP contribution is 2.11. The first-order valence-electron chi connectivity index (χ1n) is 7.86. The molecule has 0 saturated carbocycles. The molecule has 116 valence electrons. The van der Waals surface area contributed by atoms with Gasteiger partial charge >= 0.3 is 5.97 Å². The average Bonchev–Trinajstić information content (AvgIpc) is 2.47. The third-order valence-electron chi connectivity index (χ3n) is 3.85. The van der Waals surface area contributed by atoms with Gasteiger partial charge in [0.15, 0.2) is 6.61 Å². The fourth-order valence-electron chi connectivity index (χ4n) is 2.74. The van der Waals surface area contributed by atoms with Crippen molar-refractivity contribution in [2.75, 3.05) is 26.2 Å². The molecule has 2 rings (SSSR count). The summed E-state index contributed by atoms with van der Waals surface area (Å²) in [7, 11) is 0.